The van der Waals surface area contributed by atoms with Gasteiger partial charge in [0.15, 0.2) is 0 Å². The Balaban J connectivity index is 2.63. The molecule has 3 unspecified atom stereocenters. The van der Waals surface area contributed by atoms with Crippen LogP contribution in [0.25, 0.3) is 0 Å². The van der Waals surface area contributed by atoms with Crippen molar-refractivity contribution >= 4 is 0 Å². The molecule has 2 nitrogen and oxygen atoms in total. The van der Waals surface area contributed by atoms with Crippen molar-refractivity contribution in [2.45, 2.75) is 58.4 Å². The summed E-state index contributed by atoms with van der Waals surface area (Å²) in [7, 11) is 2.27. The standard InChI is InChI=1S/C14H30N2/c1-5-12(2)10-16(4)14(11-15)8-6-7-13(3)9-14/h12-13H,5-11,15H2,1-4H3. The van der Waals surface area contributed by atoms with Crippen molar-refractivity contribution in [1.29, 1.82) is 0 Å². The lowest BCUT2D eigenvalue weighted by molar-refractivity contribution is 0.0504. The molecule has 2 N–H and O–H groups in total. The highest BCUT2D eigenvalue weighted by Crippen LogP contribution is 2.35. The number of hydrogen-bond donors (Lipinski definition) is 1. The predicted octanol–water partition coefficient (Wildman–Crippen LogP) is 2.87. The molecule has 0 saturated heterocycles. The first-order chi connectivity index (χ1) is 7.54. The molecule has 0 aromatic rings. The van der Waals surface area contributed by atoms with Gasteiger partial charge in [0.2, 0.25) is 0 Å². The van der Waals surface area contributed by atoms with Gasteiger partial charge in [0.25, 0.3) is 0 Å². The third-order valence-corrected chi connectivity index (χ3v) is 4.54. The lowest BCUT2D eigenvalue weighted by Crippen LogP contribution is -2.55. The summed E-state index contributed by atoms with van der Waals surface area (Å²) in [5, 5.41) is 0. The summed E-state index contributed by atoms with van der Waals surface area (Å²) in [6, 6.07) is 0. The van der Waals surface area contributed by atoms with Crippen LogP contribution >= 0.6 is 0 Å². The fourth-order valence-electron chi connectivity index (χ4n) is 3.11. The fraction of sp³-hybridized carbons (Fsp3) is 1.00. The van der Waals surface area contributed by atoms with E-state index in [1.54, 1.807) is 0 Å². The zero-order valence-corrected chi connectivity index (χ0v) is 11.6. The molecule has 0 spiro atoms. The lowest BCUT2D eigenvalue weighted by atomic mass is 9.75. The Bertz CT molecular complexity index is 205. The van der Waals surface area contributed by atoms with Gasteiger partial charge in [-0.15, -0.1) is 0 Å². The molecule has 0 amide bonds. The summed E-state index contributed by atoms with van der Waals surface area (Å²) >= 11 is 0. The van der Waals surface area contributed by atoms with Gasteiger partial charge in [-0.25, -0.2) is 0 Å². The van der Waals surface area contributed by atoms with E-state index in [1.165, 1.54) is 38.6 Å². The van der Waals surface area contributed by atoms with Crippen LogP contribution in [0.4, 0.5) is 0 Å². The van der Waals surface area contributed by atoms with Crippen LogP contribution in [0.15, 0.2) is 0 Å². The van der Waals surface area contributed by atoms with E-state index in [0.29, 0.717) is 5.54 Å². The summed E-state index contributed by atoms with van der Waals surface area (Å²) in [5.74, 6) is 1.63. The SMILES string of the molecule is CCC(C)CN(C)C1(CN)CCCC(C)C1. The zero-order chi connectivity index (χ0) is 12.2. The summed E-state index contributed by atoms with van der Waals surface area (Å²) in [5.41, 5.74) is 6.37. The van der Waals surface area contributed by atoms with Crippen LogP contribution in [0, 0.1) is 11.8 Å². The first-order valence-electron chi connectivity index (χ1n) is 6.95. The van der Waals surface area contributed by atoms with Crippen LogP contribution in [0.5, 0.6) is 0 Å². The first-order valence-corrected chi connectivity index (χ1v) is 6.95. The molecule has 0 aromatic carbocycles. The Hall–Kier alpha value is -0.0800. The van der Waals surface area contributed by atoms with Crippen molar-refractivity contribution in [3.63, 3.8) is 0 Å². The molecule has 1 aliphatic rings. The summed E-state index contributed by atoms with van der Waals surface area (Å²) < 4.78 is 0. The van der Waals surface area contributed by atoms with Crippen molar-refractivity contribution in [2.24, 2.45) is 17.6 Å². The highest BCUT2D eigenvalue weighted by atomic mass is 15.2. The summed E-state index contributed by atoms with van der Waals surface area (Å²) in [6.45, 7) is 9.01. The fourth-order valence-corrected chi connectivity index (χ4v) is 3.11. The molecule has 0 aromatic heterocycles. The molecule has 16 heavy (non-hydrogen) atoms. The molecule has 2 heteroatoms. The van der Waals surface area contributed by atoms with Crippen LogP contribution < -0.4 is 5.73 Å². The van der Waals surface area contributed by atoms with E-state index in [9.17, 15) is 0 Å². The Morgan fingerprint density at radius 2 is 2.19 bits per heavy atom. The van der Waals surface area contributed by atoms with E-state index in [0.717, 1.165) is 18.4 Å². The van der Waals surface area contributed by atoms with E-state index in [2.05, 4.69) is 32.7 Å². The van der Waals surface area contributed by atoms with E-state index in [1.807, 2.05) is 0 Å². The molecule has 1 aliphatic carbocycles. The molecular weight excluding hydrogens is 196 g/mol. The van der Waals surface area contributed by atoms with E-state index in [4.69, 9.17) is 5.73 Å². The van der Waals surface area contributed by atoms with Crippen LogP contribution in [0.3, 0.4) is 0 Å². The van der Waals surface area contributed by atoms with Gasteiger partial charge in [0.05, 0.1) is 0 Å². The molecule has 0 heterocycles. The number of nitrogens with zero attached hydrogens (tertiary/aromatic N) is 1. The van der Waals surface area contributed by atoms with Crippen molar-refractivity contribution in [1.82, 2.24) is 4.90 Å². The second-order valence-corrected chi connectivity index (χ2v) is 6.02. The van der Waals surface area contributed by atoms with Crippen molar-refractivity contribution < 1.29 is 0 Å². The Morgan fingerprint density at radius 1 is 1.50 bits per heavy atom. The van der Waals surface area contributed by atoms with Gasteiger partial charge in [0.1, 0.15) is 0 Å². The number of nitrogens with two attached hydrogens (primary N) is 1. The monoisotopic (exact) mass is 226 g/mol. The molecule has 96 valence electrons. The molecule has 0 bridgehead atoms. The Kier molecular flexibility index (Phi) is 5.26. The average molecular weight is 226 g/mol. The molecule has 0 aliphatic heterocycles. The van der Waals surface area contributed by atoms with Gasteiger partial charge in [-0.1, -0.05) is 40.0 Å². The van der Waals surface area contributed by atoms with Crippen molar-refractivity contribution in [3.8, 4) is 0 Å². The van der Waals surface area contributed by atoms with Crippen LogP contribution in [0.2, 0.25) is 0 Å². The van der Waals surface area contributed by atoms with Gasteiger partial charge in [-0.3, -0.25) is 4.90 Å². The van der Waals surface area contributed by atoms with Gasteiger partial charge in [-0.2, -0.15) is 0 Å². The maximum atomic E-state index is 6.08. The molecule has 0 radical (unpaired) electrons. The molecule has 1 rings (SSSR count). The van der Waals surface area contributed by atoms with Crippen LogP contribution in [0.1, 0.15) is 52.9 Å². The summed E-state index contributed by atoms with van der Waals surface area (Å²) in [4.78, 5) is 2.55. The Morgan fingerprint density at radius 3 is 2.69 bits per heavy atom. The molecule has 1 fully saturated rings. The van der Waals surface area contributed by atoms with E-state index < -0.39 is 0 Å². The molecule has 1 saturated carbocycles. The van der Waals surface area contributed by atoms with E-state index in [-0.39, 0.29) is 0 Å². The molecule has 3 atom stereocenters. The van der Waals surface area contributed by atoms with Crippen molar-refractivity contribution in [3.05, 3.63) is 0 Å². The van der Waals surface area contributed by atoms with Crippen molar-refractivity contribution in [2.75, 3.05) is 20.1 Å². The highest BCUT2D eigenvalue weighted by Gasteiger charge is 2.37. The average Bonchev–Trinajstić information content (AvgIpc) is 2.28. The third kappa shape index (κ3) is 3.21. The smallest absolute Gasteiger partial charge is 0.0331 e. The number of rotatable bonds is 5. The number of hydrogen-bond acceptors (Lipinski definition) is 2. The summed E-state index contributed by atoms with van der Waals surface area (Å²) in [6.07, 6.45) is 6.58. The second kappa shape index (κ2) is 6.02. The first kappa shape index (κ1) is 14.0. The van der Waals surface area contributed by atoms with Crippen LogP contribution in [-0.2, 0) is 0 Å². The van der Waals surface area contributed by atoms with Gasteiger partial charge in [-0.05, 0) is 31.7 Å². The number of likely N-dealkylation sites (N-methyl/N-ethyl adjacent to an activating group) is 1. The minimum Gasteiger partial charge on any atom is -0.329 e. The topological polar surface area (TPSA) is 29.3 Å². The maximum Gasteiger partial charge on any atom is 0.0331 e. The Labute approximate surface area is 102 Å². The largest absolute Gasteiger partial charge is 0.329 e. The minimum atomic E-state index is 0.293. The zero-order valence-electron chi connectivity index (χ0n) is 11.6. The maximum absolute atomic E-state index is 6.08. The van der Waals surface area contributed by atoms with Crippen LogP contribution in [-0.4, -0.2) is 30.6 Å². The second-order valence-electron chi connectivity index (χ2n) is 6.02. The normalized spacial score (nSPS) is 33.0. The quantitative estimate of drug-likeness (QED) is 0.781. The minimum absolute atomic E-state index is 0.293. The highest BCUT2D eigenvalue weighted by molar-refractivity contribution is 4.95. The van der Waals surface area contributed by atoms with E-state index >= 15 is 0 Å². The third-order valence-electron chi connectivity index (χ3n) is 4.54. The lowest BCUT2D eigenvalue weighted by Gasteiger charge is -2.47. The molecular formula is C14H30N2. The van der Waals surface area contributed by atoms with Gasteiger partial charge >= 0.3 is 0 Å². The van der Waals surface area contributed by atoms with Gasteiger partial charge < -0.3 is 5.73 Å². The predicted molar refractivity (Wildman–Crippen MR) is 71.5 cm³/mol. The van der Waals surface area contributed by atoms with Gasteiger partial charge in [0, 0.05) is 18.6 Å².